The van der Waals surface area contributed by atoms with Crippen molar-refractivity contribution in [1.29, 1.82) is 0 Å². The molecule has 0 aliphatic carbocycles. The van der Waals surface area contributed by atoms with Crippen molar-refractivity contribution in [3.05, 3.63) is 0 Å². The van der Waals surface area contributed by atoms with E-state index in [0.29, 0.717) is 12.0 Å². The molecule has 18 heavy (non-hydrogen) atoms. The molecule has 3 N–H and O–H groups in total. The third-order valence-electron chi connectivity index (χ3n) is 3.30. The Morgan fingerprint density at radius 3 is 2.39 bits per heavy atom. The molecular weight excluding hydrogens is 224 g/mol. The quantitative estimate of drug-likeness (QED) is 0.358. The molecule has 4 heteroatoms. The van der Waals surface area contributed by atoms with Crippen LogP contribution in [0.5, 0.6) is 0 Å². The van der Waals surface area contributed by atoms with E-state index in [1.165, 1.54) is 25.7 Å². The summed E-state index contributed by atoms with van der Waals surface area (Å²) < 4.78 is 0. The first-order chi connectivity index (χ1) is 8.65. The number of likely N-dealkylation sites (N-methyl/N-ethyl adjacent to an activating group) is 1. The SMILES string of the molecule is CCCCCCNC(N)=NCC(C)N(CC)CC. The van der Waals surface area contributed by atoms with E-state index in [1.54, 1.807) is 0 Å². The lowest BCUT2D eigenvalue weighted by Crippen LogP contribution is -2.37. The second kappa shape index (κ2) is 11.3. The molecule has 0 bridgehead atoms. The lowest BCUT2D eigenvalue weighted by molar-refractivity contribution is 0.237. The van der Waals surface area contributed by atoms with Crippen LogP contribution in [0.2, 0.25) is 0 Å². The van der Waals surface area contributed by atoms with Crippen LogP contribution in [-0.2, 0) is 0 Å². The Morgan fingerprint density at radius 2 is 1.83 bits per heavy atom. The van der Waals surface area contributed by atoms with Crippen LogP contribution in [0.25, 0.3) is 0 Å². The van der Waals surface area contributed by atoms with Gasteiger partial charge < -0.3 is 11.1 Å². The molecule has 0 aliphatic heterocycles. The summed E-state index contributed by atoms with van der Waals surface area (Å²) >= 11 is 0. The highest BCUT2D eigenvalue weighted by Crippen LogP contribution is 1.99. The monoisotopic (exact) mass is 256 g/mol. The van der Waals surface area contributed by atoms with Gasteiger partial charge in [-0.15, -0.1) is 0 Å². The molecule has 0 saturated carbocycles. The zero-order valence-corrected chi connectivity index (χ0v) is 12.7. The van der Waals surface area contributed by atoms with E-state index in [9.17, 15) is 0 Å². The topological polar surface area (TPSA) is 53.6 Å². The van der Waals surface area contributed by atoms with Gasteiger partial charge in [0, 0.05) is 12.6 Å². The minimum absolute atomic E-state index is 0.459. The molecule has 1 atom stereocenters. The van der Waals surface area contributed by atoms with Crippen LogP contribution in [0.15, 0.2) is 4.99 Å². The second-order valence-electron chi connectivity index (χ2n) is 4.78. The maximum atomic E-state index is 5.84. The van der Waals surface area contributed by atoms with Gasteiger partial charge in [0.25, 0.3) is 0 Å². The number of rotatable bonds is 10. The van der Waals surface area contributed by atoms with Crippen LogP contribution in [0.3, 0.4) is 0 Å². The summed E-state index contributed by atoms with van der Waals surface area (Å²) in [5.74, 6) is 0.588. The number of guanidine groups is 1. The van der Waals surface area contributed by atoms with Gasteiger partial charge in [-0.05, 0) is 26.4 Å². The Morgan fingerprint density at radius 1 is 1.17 bits per heavy atom. The predicted octanol–water partition coefficient (Wildman–Crippen LogP) is 2.20. The molecule has 0 fully saturated rings. The Labute approximate surface area is 113 Å². The smallest absolute Gasteiger partial charge is 0.188 e. The lowest BCUT2D eigenvalue weighted by atomic mass is 10.2. The first-order valence-electron chi connectivity index (χ1n) is 7.43. The van der Waals surface area contributed by atoms with Crippen molar-refractivity contribution < 1.29 is 0 Å². The normalized spacial score (nSPS) is 13.9. The molecule has 0 saturated heterocycles. The van der Waals surface area contributed by atoms with Gasteiger partial charge in [-0.2, -0.15) is 0 Å². The van der Waals surface area contributed by atoms with Crippen LogP contribution in [0.4, 0.5) is 0 Å². The van der Waals surface area contributed by atoms with Gasteiger partial charge >= 0.3 is 0 Å². The molecule has 108 valence electrons. The Bertz CT molecular complexity index is 212. The van der Waals surface area contributed by atoms with Crippen LogP contribution in [-0.4, -0.2) is 43.1 Å². The number of hydrogen-bond donors (Lipinski definition) is 2. The van der Waals surface area contributed by atoms with Crippen molar-refractivity contribution in [2.24, 2.45) is 10.7 Å². The Kier molecular flexibility index (Phi) is 10.8. The van der Waals surface area contributed by atoms with Crippen molar-refractivity contribution in [2.75, 3.05) is 26.2 Å². The number of nitrogens with zero attached hydrogens (tertiary/aromatic N) is 2. The molecule has 0 spiro atoms. The number of unbranched alkanes of at least 4 members (excludes halogenated alkanes) is 3. The van der Waals surface area contributed by atoms with Crippen LogP contribution in [0.1, 0.15) is 53.4 Å². The van der Waals surface area contributed by atoms with Gasteiger partial charge in [-0.1, -0.05) is 40.0 Å². The summed E-state index contributed by atoms with van der Waals surface area (Å²) in [6.07, 6.45) is 5.02. The summed E-state index contributed by atoms with van der Waals surface area (Å²) in [6, 6.07) is 0.459. The van der Waals surface area contributed by atoms with Crippen molar-refractivity contribution in [3.8, 4) is 0 Å². The van der Waals surface area contributed by atoms with Gasteiger partial charge in [0.2, 0.25) is 0 Å². The average molecular weight is 256 g/mol. The van der Waals surface area contributed by atoms with Crippen molar-refractivity contribution in [2.45, 2.75) is 59.4 Å². The third-order valence-corrected chi connectivity index (χ3v) is 3.30. The van der Waals surface area contributed by atoms with Crippen LogP contribution < -0.4 is 11.1 Å². The number of hydrogen-bond acceptors (Lipinski definition) is 2. The molecule has 0 heterocycles. The molecule has 0 aromatic heterocycles. The highest BCUT2D eigenvalue weighted by atomic mass is 15.2. The summed E-state index contributed by atoms with van der Waals surface area (Å²) in [6.45, 7) is 12.6. The fraction of sp³-hybridized carbons (Fsp3) is 0.929. The first kappa shape index (κ1) is 17.2. The molecule has 0 rings (SSSR count). The van der Waals surface area contributed by atoms with Crippen molar-refractivity contribution in [1.82, 2.24) is 10.2 Å². The first-order valence-corrected chi connectivity index (χ1v) is 7.43. The standard InChI is InChI=1S/C14H32N4/c1-5-8-9-10-11-16-14(15)17-12-13(4)18(6-2)7-3/h13H,5-12H2,1-4H3,(H3,15,16,17). The summed E-state index contributed by atoms with van der Waals surface area (Å²) in [7, 11) is 0. The average Bonchev–Trinajstić information content (AvgIpc) is 2.37. The van der Waals surface area contributed by atoms with Gasteiger partial charge in [0.1, 0.15) is 0 Å². The van der Waals surface area contributed by atoms with E-state index in [0.717, 1.165) is 26.2 Å². The van der Waals surface area contributed by atoms with E-state index in [2.05, 4.69) is 42.9 Å². The van der Waals surface area contributed by atoms with E-state index >= 15 is 0 Å². The largest absolute Gasteiger partial charge is 0.370 e. The fourth-order valence-corrected chi connectivity index (χ4v) is 2.02. The summed E-state index contributed by atoms with van der Waals surface area (Å²) in [4.78, 5) is 6.79. The number of aliphatic imine (C=N–C) groups is 1. The van der Waals surface area contributed by atoms with Gasteiger partial charge in [0.05, 0.1) is 6.54 Å². The maximum absolute atomic E-state index is 5.84. The highest BCUT2D eigenvalue weighted by molar-refractivity contribution is 5.77. The van der Waals surface area contributed by atoms with Crippen molar-refractivity contribution >= 4 is 5.96 Å². The maximum Gasteiger partial charge on any atom is 0.188 e. The minimum Gasteiger partial charge on any atom is -0.370 e. The number of nitrogens with two attached hydrogens (primary N) is 1. The molecule has 0 radical (unpaired) electrons. The fourth-order valence-electron chi connectivity index (χ4n) is 2.02. The van der Waals surface area contributed by atoms with Crippen LogP contribution in [0, 0.1) is 0 Å². The summed E-state index contributed by atoms with van der Waals surface area (Å²) in [5, 5.41) is 3.18. The second-order valence-corrected chi connectivity index (χ2v) is 4.78. The Hall–Kier alpha value is -0.770. The molecule has 1 unspecified atom stereocenters. The summed E-state index contributed by atoms with van der Waals surface area (Å²) in [5.41, 5.74) is 5.84. The molecule has 0 aromatic carbocycles. The van der Waals surface area contributed by atoms with Gasteiger partial charge in [-0.25, -0.2) is 0 Å². The van der Waals surface area contributed by atoms with Gasteiger partial charge in [-0.3, -0.25) is 9.89 Å². The zero-order chi connectivity index (χ0) is 13.8. The van der Waals surface area contributed by atoms with E-state index in [4.69, 9.17) is 5.73 Å². The van der Waals surface area contributed by atoms with E-state index in [1.807, 2.05) is 0 Å². The Balaban J connectivity index is 3.75. The van der Waals surface area contributed by atoms with Gasteiger partial charge in [0.15, 0.2) is 5.96 Å². The number of nitrogens with one attached hydrogen (secondary N) is 1. The zero-order valence-electron chi connectivity index (χ0n) is 12.7. The van der Waals surface area contributed by atoms with E-state index < -0.39 is 0 Å². The highest BCUT2D eigenvalue weighted by Gasteiger charge is 2.08. The molecule has 0 aromatic rings. The van der Waals surface area contributed by atoms with Crippen molar-refractivity contribution in [3.63, 3.8) is 0 Å². The molecule has 0 aliphatic rings. The lowest BCUT2D eigenvalue weighted by Gasteiger charge is -2.24. The predicted molar refractivity (Wildman–Crippen MR) is 81.0 cm³/mol. The third kappa shape index (κ3) is 8.34. The molecular formula is C14H32N4. The molecule has 0 amide bonds. The minimum atomic E-state index is 0.459. The van der Waals surface area contributed by atoms with Crippen LogP contribution >= 0.6 is 0 Å². The molecule has 4 nitrogen and oxygen atoms in total. The van der Waals surface area contributed by atoms with E-state index in [-0.39, 0.29) is 0 Å².